The zero-order chi connectivity index (χ0) is 10.1. The molecule has 0 heterocycles. The summed E-state index contributed by atoms with van der Waals surface area (Å²) in [6.45, 7) is 0. The third kappa shape index (κ3) is 3.49. The number of ether oxygens (including phenoxy) is 1. The summed E-state index contributed by atoms with van der Waals surface area (Å²) < 4.78 is 38.3. The Bertz CT molecular complexity index is 200. The van der Waals surface area contributed by atoms with Crippen LogP contribution in [0.3, 0.4) is 0 Å². The Labute approximate surface area is 71.7 Å². The van der Waals surface area contributed by atoms with Gasteiger partial charge >= 0.3 is 12.5 Å². The number of amides is 1. The van der Waals surface area contributed by atoms with Gasteiger partial charge in [0.15, 0.2) is 0 Å². The molecule has 0 radical (unpaired) electrons. The topological polar surface area (TPSA) is 58.6 Å². The molecule has 0 aliphatic heterocycles. The molecule has 0 atom stereocenters. The summed E-state index contributed by atoms with van der Waals surface area (Å²) in [5.41, 5.74) is 0. The zero-order valence-electron chi connectivity index (χ0n) is 6.47. The minimum absolute atomic E-state index is 0.0752. The number of halogens is 3. The first-order chi connectivity index (χ1) is 5.87. The van der Waals surface area contributed by atoms with E-state index in [1.165, 1.54) is 0 Å². The van der Waals surface area contributed by atoms with E-state index in [2.05, 4.69) is 10.1 Å². The number of hydrogen-bond acceptors (Lipinski definition) is 2. The summed E-state index contributed by atoms with van der Waals surface area (Å²) in [5.74, 6) is 0. The molecule has 4 nitrogen and oxygen atoms in total. The Kier molecular flexibility index (Phi) is 2.65. The molecule has 76 valence electrons. The van der Waals surface area contributed by atoms with Gasteiger partial charge in [0, 0.05) is 6.04 Å². The van der Waals surface area contributed by atoms with Crippen LogP contribution in [0.1, 0.15) is 12.8 Å². The van der Waals surface area contributed by atoms with Gasteiger partial charge in [-0.05, 0) is 12.8 Å². The van der Waals surface area contributed by atoms with Crippen molar-refractivity contribution in [3.8, 4) is 0 Å². The van der Waals surface area contributed by atoms with Crippen LogP contribution in [0, 0.1) is 0 Å². The van der Waals surface area contributed by atoms with Crippen LogP contribution in [0.2, 0.25) is 0 Å². The van der Waals surface area contributed by atoms with Crippen LogP contribution >= 0.6 is 0 Å². The molecule has 0 saturated heterocycles. The van der Waals surface area contributed by atoms with Crippen LogP contribution in [0.25, 0.3) is 0 Å². The highest BCUT2D eigenvalue weighted by Crippen LogP contribution is 2.30. The smallest absolute Gasteiger partial charge is 0.465 e. The second-order valence-corrected chi connectivity index (χ2v) is 2.80. The lowest BCUT2D eigenvalue weighted by Crippen LogP contribution is -2.48. The zero-order valence-corrected chi connectivity index (χ0v) is 6.47. The third-order valence-electron chi connectivity index (χ3n) is 1.72. The van der Waals surface area contributed by atoms with Gasteiger partial charge in [-0.3, -0.25) is 4.74 Å². The molecule has 1 amide bonds. The molecule has 7 heteroatoms. The molecule has 0 spiro atoms. The Morgan fingerprint density at radius 3 is 2.38 bits per heavy atom. The fourth-order valence-corrected chi connectivity index (χ4v) is 1.14. The van der Waals surface area contributed by atoms with Crippen molar-refractivity contribution < 1.29 is 27.8 Å². The fraction of sp³-hybridized carbons (Fsp3) is 0.833. The molecule has 0 aromatic rings. The van der Waals surface area contributed by atoms with Crippen LogP contribution in [-0.4, -0.2) is 29.7 Å². The lowest BCUT2D eigenvalue weighted by atomic mass is 9.89. The van der Waals surface area contributed by atoms with E-state index in [1.807, 2.05) is 0 Å². The normalized spacial score (nSPS) is 27.9. The molecule has 0 aromatic carbocycles. The number of carboxylic acid groups (broad SMARTS) is 1. The van der Waals surface area contributed by atoms with Crippen molar-refractivity contribution in [2.75, 3.05) is 0 Å². The molecular weight excluding hydrogens is 191 g/mol. The number of rotatable bonds is 2. The quantitative estimate of drug-likeness (QED) is 0.705. The van der Waals surface area contributed by atoms with Crippen LogP contribution in [0.4, 0.5) is 18.0 Å². The van der Waals surface area contributed by atoms with E-state index in [9.17, 15) is 18.0 Å². The van der Waals surface area contributed by atoms with E-state index in [0.29, 0.717) is 0 Å². The molecule has 0 aromatic heterocycles. The van der Waals surface area contributed by atoms with E-state index in [4.69, 9.17) is 5.11 Å². The van der Waals surface area contributed by atoms with Crippen molar-refractivity contribution in [1.29, 1.82) is 0 Å². The van der Waals surface area contributed by atoms with Crippen molar-refractivity contribution in [1.82, 2.24) is 5.32 Å². The van der Waals surface area contributed by atoms with Crippen molar-refractivity contribution in [2.45, 2.75) is 31.3 Å². The Morgan fingerprint density at radius 1 is 1.46 bits per heavy atom. The van der Waals surface area contributed by atoms with E-state index in [1.54, 1.807) is 0 Å². The van der Waals surface area contributed by atoms with Crippen LogP contribution in [0.15, 0.2) is 0 Å². The highest BCUT2D eigenvalue weighted by molar-refractivity contribution is 5.65. The first-order valence-corrected chi connectivity index (χ1v) is 3.61. The molecule has 0 bridgehead atoms. The van der Waals surface area contributed by atoms with E-state index in [-0.39, 0.29) is 12.8 Å². The van der Waals surface area contributed by atoms with Crippen LogP contribution in [-0.2, 0) is 4.74 Å². The molecule has 1 aliphatic carbocycles. The third-order valence-corrected chi connectivity index (χ3v) is 1.72. The maximum absolute atomic E-state index is 11.6. The average Bonchev–Trinajstić information content (AvgIpc) is 1.78. The number of hydrogen-bond donors (Lipinski definition) is 2. The highest BCUT2D eigenvalue weighted by Gasteiger charge is 2.40. The molecule has 1 aliphatic rings. The summed E-state index contributed by atoms with van der Waals surface area (Å²) in [6.07, 6.45) is -6.61. The van der Waals surface area contributed by atoms with Gasteiger partial charge in [-0.2, -0.15) is 0 Å². The first kappa shape index (κ1) is 10.1. The largest absolute Gasteiger partial charge is 0.522 e. The summed E-state index contributed by atoms with van der Waals surface area (Å²) >= 11 is 0. The Morgan fingerprint density at radius 2 is 2.00 bits per heavy atom. The van der Waals surface area contributed by atoms with Gasteiger partial charge < -0.3 is 10.4 Å². The van der Waals surface area contributed by atoms with Gasteiger partial charge in [-0.15, -0.1) is 13.2 Å². The van der Waals surface area contributed by atoms with Crippen molar-refractivity contribution in [3.05, 3.63) is 0 Å². The summed E-state index contributed by atoms with van der Waals surface area (Å²) in [5, 5.41) is 10.3. The first-order valence-electron chi connectivity index (χ1n) is 3.61. The summed E-state index contributed by atoms with van der Waals surface area (Å²) in [6, 6.07) is -0.412. The van der Waals surface area contributed by atoms with Gasteiger partial charge in [-0.25, -0.2) is 4.79 Å². The maximum Gasteiger partial charge on any atom is 0.522 e. The van der Waals surface area contributed by atoms with E-state index in [0.717, 1.165) is 0 Å². The van der Waals surface area contributed by atoms with Crippen LogP contribution < -0.4 is 5.32 Å². The van der Waals surface area contributed by atoms with Gasteiger partial charge in [0.05, 0.1) is 6.10 Å². The number of carbonyl (C=O) groups is 1. The van der Waals surface area contributed by atoms with Gasteiger partial charge in [-0.1, -0.05) is 0 Å². The average molecular weight is 199 g/mol. The monoisotopic (exact) mass is 199 g/mol. The Balaban J connectivity index is 2.15. The van der Waals surface area contributed by atoms with Crippen molar-refractivity contribution in [2.24, 2.45) is 0 Å². The SMILES string of the molecule is O=C(O)NC1CC(OC(F)(F)F)C1. The molecule has 0 unspecified atom stereocenters. The maximum atomic E-state index is 11.6. The van der Waals surface area contributed by atoms with E-state index >= 15 is 0 Å². The second kappa shape index (κ2) is 3.41. The van der Waals surface area contributed by atoms with Crippen molar-refractivity contribution in [3.63, 3.8) is 0 Å². The lowest BCUT2D eigenvalue weighted by molar-refractivity contribution is -0.351. The van der Waals surface area contributed by atoms with Crippen LogP contribution in [0.5, 0.6) is 0 Å². The molecule has 1 saturated carbocycles. The highest BCUT2D eigenvalue weighted by atomic mass is 19.4. The van der Waals surface area contributed by atoms with Crippen molar-refractivity contribution >= 4 is 6.09 Å². The fourth-order valence-electron chi connectivity index (χ4n) is 1.14. The number of alkyl halides is 3. The molecule has 13 heavy (non-hydrogen) atoms. The summed E-state index contributed by atoms with van der Waals surface area (Å²) in [4.78, 5) is 10.0. The second-order valence-electron chi connectivity index (χ2n) is 2.80. The molecule has 1 rings (SSSR count). The summed E-state index contributed by atoms with van der Waals surface area (Å²) in [7, 11) is 0. The lowest BCUT2D eigenvalue weighted by Gasteiger charge is -2.34. The standard InChI is InChI=1S/C6H8F3NO3/c7-6(8,9)13-4-1-3(2-4)10-5(11)12/h3-4,10H,1-2H2,(H,11,12). The Hall–Kier alpha value is -0.980. The van der Waals surface area contributed by atoms with Gasteiger partial charge in [0.2, 0.25) is 0 Å². The van der Waals surface area contributed by atoms with Gasteiger partial charge in [0.25, 0.3) is 0 Å². The molecule has 2 N–H and O–H groups in total. The predicted octanol–water partition coefficient (Wildman–Crippen LogP) is 1.32. The number of nitrogens with one attached hydrogen (secondary N) is 1. The minimum Gasteiger partial charge on any atom is -0.465 e. The van der Waals surface area contributed by atoms with E-state index < -0.39 is 24.6 Å². The van der Waals surface area contributed by atoms with Gasteiger partial charge in [0.1, 0.15) is 0 Å². The minimum atomic E-state index is -4.63. The predicted molar refractivity (Wildman–Crippen MR) is 35.1 cm³/mol. The molecular formula is C6H8F3NO3. The molecule has 1 fully saturated rings.